The molecule has 0 amide bonds. The molecule has 0 aliphatic heterocycles. The minimum Gasteiger partial charge on any atom is -0.491 e. The molecule has 0 saturated heterocycles. The molecule has 1 N–H and O–H groups in total. The molecule has 1 aliphatic rings. The number of ether oxygens (including phenoxy) is 1. The summed E-state index contributed by atoms with van der Waals surface area (Å²) >= 11 is 0. The summed E-state index contributed by atoms with van der Waals surface area (Å²) in [5.74, 6) is 1.85. The fraction of sp³-hybridized carbons (Fsp3) is 0.667. The van der Waals surface area contributed by atoms with Gasteiger partial charge in [-0.25, -0.2) is 0 Å². The highest BCUT2D eigenvalue weighted by atomic mass is 16.5. The van der Waals surface area contributed by atoms with E-state index in [9.17, 15) is 5.11 Å². The molecule has 0 radical (unpaired) electrons. The van der Waals surface area contributed by atoms with Crippen LogP contribution >= 0.6 is 0 Å². The van der Waals surface area contributed by atoms with Crippen molar-refractivity contribution < 1.29 is 9.84 Å². The molecule has 1 aromatic carbocycles. The van der Waals surface area contributed by atoms with E-state index in [-0.39, 0.29) is 6.10 Å². The van der Waals surface area contributed by atoms with E-state index in [0.717, 1.165) is 18.6 Å². The minimum atomic E-state index is -0.319. The average Bonchev–Trinajstić information content (AvgIpc) is 2.45. The molecule has 20 heavy (non-hydrogen) atoms. The molecule has 1 aliphatic carbocycles. The van der Waals surface area contributed by atoms with Gasteiger partial charge < -0.3 is 9.84 Å². The summed E-state index contributed by atoms with van der Waals surface area (Å²) in [6, 6.07) is 6.25. The van der Waals surface area contributed by atoms with E-state index in [0.29, 0.717) is 18.4 Å². The third-order valence-electron chi connectivity index (χ3n) is 4.48. The molecule has 0 aromatic heterocycles. The Morgan fingerprint density at radius 2 is 1.90 bits per heavy atom. The van der Waals surface area contributed by atoms with Gasteiger partial charge in [-0.3, -0.25) is 0 Å². The maximum Gasteiger partial charge on any atom is 0.119 e. The average molecular weight is 276 g/mol. The van der Waals surface area contributed by atoms with E-state index in [4.69, 9.17) is 4.74 Å². The predicted molar refractivity (Wildman–Crippen MR) is 83.3 cm³/mol. The smallest absolute Gasteiger partial charge is 0.119 e. The Hall–Kier alpha value is -1.02. The van der Waals surface area contributed by atoms with Gasteiger partial charge >= 0.3 is 0 Å². The number of aryl methyl sites for hydroxylation is 1. The highest BCUT2D eigenvalue weighted by Gasteiger charge is 2.22. The van der Waals surface area contributed by atoms with Crippen LogP contribution in [0.15, 0.2) is 18.2 Å². The maximum atomic E-state index is 10.2. The quantitative estimate of drug-likeness (QED) is 0.861. The molecular weight excluding hydrogens is 248 g/mol. The van der Waals surface area contributed by atoms with Crippen LogP contribution in [-0.4, -0.2) is 17.8 Å². The van der Waals surface area contributed by atoms with Crippen LogP contribution in [0.3, 0.4) is 0 Å². The standard InChI is InChI=1S/C18H28O2/c1-13(2)17-10-9-16(11-14(17)3)20-12-18(19)15-7-5-4-6-8-15/h9-11,13,15,18-19H,4-8,12H2,1-3H3. The molecule has 1 unspecified atom stereocenters. The first-order valence-corrected chi connectivity index (χ1v) is 7.99. The number of aliphatic hydroxyl groups excluding tert-OH is 1. The van der Waals surface area contributed by atoms with Crippen LogP contribution < -0.4 is 4.74 Å². The van der Waals surface area contributed by atoms with E-state index in [1.165, 1.54) is 30.4 Å². The lowest BCUT2D eigenvalue weighted by Gasteiger charge is -2.26. The Kier molecular flexibility index (Phi) is 5.47. The van der Waals surface area contributed by atoms with Gasteiger partial charge in [0.05, 0.1) is 6.10 Å². The van der Waals surface area contributed by atoms with Gasteiger partial charge in [-0.1, -0.05) is 39.2 Å². The molecule has 2 nitrogen and oxygen atoms in total. The zero-order chi connectivity index (χ0) is 14.5. The molecule has 2 heteroatoms. The van der Waals surface area contributed by atoms with Gasteiger partial charge in [-0.15, -0.1) is 0 Å². The maximum absolute atomic E-state index is 10.2. The second-order valence-corrected chi connectivity index (χ2v) is 6.45. The molecule has 1 saturated carbocycles. The lowest BCUT2D eigenvalue weighted by Crippen LogP contribution is -2.28. The molecule has 1 aromatic rings. The van der Waals surface area contributed by atoms with Crippen molar-refractivity contribution in [2.45, 2.75) is 64.9 Å². The Balaban J connectivity index is 1.88. The fourth-order valence-corrected chi connectivity index (χ4v) is 3.22. The topological polar surface area (TPSA) is 29.5 Å². The third-order valence-corrected chi connectivity index (χ3v) is 4.48. The third kappa shape index (κ3) is 3.99. The van der Waals surface area contributed by atoms with Gasteiger partial charge in [0, 0.05) is 0 Å². The summed E-state index contributed by atoms with van der Waals surface area (Å²) in [5, 5.41) is 10.2. The van der Waals surface area contributed by atoms with Crippen molar-refractivity contribution >= 4 is 0 Å². The normalized spacial score (nSPS) is 18.2. The molecule has 0 spiro atoms. The number of hydrogen-bond acceptors (Lipinski definition) is 2. The zero-order valence-electron chi connectivity index (χ0n) is 13.1. The van der Waals surface area contributed by atoms with Crippen molar-refractivity contribution in [1.82, 2.24) is 0 Å². The number of hydrogen-bond donors (Lipinski definition) is 1. The molecule has 2 rings (SSSR count). The lowest BCUT2D eigenvalue weighted by molar-refractivity contribution is 0.0413. The highest BCUT2D eigenvalue weighted by molar-refractivity contribution is 5.36. The Labute approximate surface area is 123 Å². The second kappa shape index (κ2) is 7.12. The van der Waals surface area contributed by atoms with Crippen LogP contribution in [0.4, 0.5) is 0 Å². The fourth-order valence-electron chi connectivity index (χ4n) is 3.22. The van der Waals surface area contributed by atoms with Gasteiger partial charge in [0.25, 0.3) is 0 Å². The molecule has 0 bridgehead atoms. The van der Waals surface area contributed by atoms with E-state index in [1.54, 1.807) is 0 Å². The zero-order valence-corrected chi connectivity index (χ0v) is 13.1. The molecule has 112 valence electrons. The monoisotopic (exact) mass is 276 g/mol. The molecule has 1 atom stereocenters. The predicted octanol–water partition coefficient (Wildman–Crippen LogP) is 4.44. The summed E-state index contributed by atoms with van der Waals surface area (Å²) in [4.78, 5) is 0. The first kappa shape index (κ1) is 15.4. The van der Waals surface area contributed by atoms with Gasteiger partial charge in [0.15, 0.2) is 0 Å². The van der Waals surface area contributed by atoms with Gasteiger partial charge in [-0.05, 0) is 54.9 Å². The summed E-state index contributed by atoms with van der Waals surface area (Å²) in [6.45, 7) is 6.95. The Morgan fingerprint density at radius 3 is 2.50 bits per heavy atom. The van der Waals surface area contributed by atoms with E-state index >= 15 is 0 Å². The minimum absolute atomic E-state index is 0.319. The van der Waals surface area contributed by atoms with Crippen LogP contribution in [0.1, 0.15) is 63.0 Å². The second-order valence-electron chi connectivity index (χ2n) is 6.45. The first-order valence-electron chi connectivity index (χ1n) is 7.99. The van der Waals surface area contributed by atoms with Gasteiger partial charge in [0.2, 0.25) is 0 Å². The summed E-state index contributed by atoms with van der Waals surface area (Å²) < 4.78 is 5.79. The van der Waals surface area contributed by atoms with Gasteiger partial charge in [0.1, 0.15) is 12.4 Å². The van der Waals surface area contributed by atoms with Gasteiger partial charge in [-0.2, -0.15) is 0 Å². The van der Waals surface area contributed by atoms with Crippen molar-refractivity contribution in [2.75, 3.05) is 6.61 Å². The van der Waals surface area contributed by atoms with Crippen molar-refractivity contribution in [3.63, 3.8) is 0 Å². The molecule has 0 heterocycles. The van der Waals surface area contributed by atoms with Crippen molar-refractivity contribution in [2.24, 2.45) is 5.92 Å². The first-order chi connectivity index (χ1) is 9.58. The Morgan fingerprint density at radius 1 is 1.20 bits per heavy atom. The number of benzene rings is 1. The largest absolute Gasteiger partial charge is 0.491 e. The van der Waals surface area contributed by atoms with Crippen LogP contribution in [0, 0.1) is 12.8 Å². The summed E-state index contributed by atoms with van der Waals surface area (Å²) in [7, 11) is 0. The molecular formula is C18H28O2. The highest BCUT2D eigenvalue weighted by Crippen LogP contribution is 2.27. The number of rotatable bonds is 5. The van der Waals surface area contributed by atoms with E-state index in [1.807, 2.05) is 6.07 Å². The Bertz CT molecular complexity index is 419. The van der Waals surface area contributed by atoms with E-state index < -0.39 is 0 Å². The molecule has 1 fully saturated rings. The van der Waals surface area contributed by atoms with Crippen LogP contribution in [-0.2, 0) is 0 Å². The SMILES string of the molecule is Cc1cc(OCC(O)C2CCCCC2)ccc1C(C)C. The lowest BCUT2D eigenvalue weighted by atomic mass is 9.85. The van der Waals surface area contributed by atoms with E-state index in [2.05, 4.69) is 32.9 Å². The van der Waals surface area contributed by atoms with Crippen LogP contribution in [0.25, 0.3) is 0 Å². The van der Waals surface area contributed by atoms with Crippen LogP contribution in [0.5, 0.6) is 5.75 Å². The van der Waals surface area contributed by atoms with Crippen molar-refractivity contribution in [1.29, 1.82) is 0 Å². The van der Waals surface area contributed by atoms with Crippen LogP contribution in [0.2, 0.25) is 0 Å². The number of aliphatic hydroxyl groups is 1. The van der Waals surface area contributed by atoms with Crippen molar-refractivity contribution in [3.05, 3.63) is 29.3 Å². The summed E-state index contributed by atoms with van der Waals surface area (Å²) in [6.07, 6.45) is 5.81. The van der Waals surface area contributed by atoms with Crippen molar-refractivity contribution in [3.8, 4) is 5.75 Å². The summed E-state index contributed by atoms with van der Waals surface area (Å²) in [5.41, 5.74) is 2.63.